The summed E-state index contributed by atoms with van der Waals surface area (Å²) in [6, 6.07) is 21.9. The number of carbonyl (C=O) groups is 4. The first-order valence-electron chi connectivity index (χ1n) is 22.1. The van der Waals surface area contributed by atoms with Crippen molar-refractivity contribution in [2.75, 3.05) is 62.2 Å². The summed E-state index contributed by atoms with van der Waals surface area (Å²) >= 11 is 2.86. The smallest absolute Gasteiger partial charge is 0.389 e. The minimum atomic E-state index is -4.51. The number of piperidine rings is 2. The Labute approximate surface area is 395 Å². The van der Waals surface area contributed by atoms with Gasteiger partial charge in [0.2, 0.25) is 11.8 Å². The number of carbonyl (C=O) groups excluding carboxylic acids is 4. The van der Waals surface area contributed by atoms with Gasteiger partial charge in [0.25, 0.3) is 5.91 Å². The van der Waals surface area contributed by atoms with Gasteiger partial charge in [-0.2, -0.15) is 26.3 Å². The van der Waals surface area contributed by atoms with Crippen molar-refractivity contribution in [1.82, 2.24) is 26.2 Å². The number of aliphatic hydroxyl groups is 1. The quantitative estimate of drug-likeness (QED) is 0.0564. The summed E-state index contributed by atoms with van der Waals surface area (Å²) in [4.78, 5) is 55.9. The Morgan fingerprint density at radius 2 is 1.15 bits per heavy atom. The van der Waals surface area contributed by atoms with Crippen molar-refractivity contribution in [1.29, 1.82) is 0 Å². The van der Waals surface area contributed by atoms with Crippen LogP contribution in [0.5, 0.6) is 0 Å². The zero-order valence-electron chi connectivity index (χ0n) is 36.3. The van der Waals surface area contributed by atoms with E-state index in [0.29, 0.717) is 67.5 Å². The van der Waals surface area contributed by atoms with E-state index in [-0.39, 0.29) is 42.3 Å². The maximum Gasteiger partial charge on any atom is 0.416 e. The molecule has 5 amide bonds. The van der Waals surface area contributed by atoms with Crippen LogP contribution >= 0.6 is 23.5 Å². The zero-order chi connectivity index (χ0) is 48.0. The number of anilines is 4. The number of imide groups is 2. The van der Waals surface area contributed by atoms with Crippen LogP contribution in [0.3, 0.4) is 0 Å². The molecule has 7 heterocycles. The maximum absolute atomic E-state index is 13.4. The molecule has 68 heavy (non-hydrogen) atoms. The summed E-state index contributed by atoms with van der Waals surface area (Å²) in [6.07, 6.45) is -7.00. The molecule has 0 saturated carbocycles. The van der Waals surface area contributed by atoms with Gasteiger partial charge in [-0.05, 0) is 113 Å². The third-order valence-corrected chi connectivity index (χ3v) is 15.2. The summed E-state index contributed by atoms with van der Waals surface area (Å²) < 4.78 is 84.5. The van der Waals surface area contributed by atoms with Crippen LogP contribution in [0.1, 0.15) is 43.2 Å². The Bertz CT molecular complexity index is 2600. The number of nitrogens with zero attached hydrogens (tertiary/aromatic N) is 3. The molecule has 0 radical (unpaired) electrons. The fraction of sp³-hybridized carbons (Fsp3) is 0.404. The number of alkyl halides is 6. The molecule has 5 fully saturated rings. The monoisotopic (exact) mass is 983 g/mol. The predicted octanol–water partition coefficient (Wildman–Crippen LogP) is 7.45. The number of hydrogen-bond acceptors (Lipinski definition) is 12. The number of ether oxygens (including phenoxy) is 1. The van der Waals surface area contributed by atoms with Crippen molar-refractivity contribution in [2.45, 2.75) is 81.8 Å². The van der Waals surface area contributed by atoms with Crippen molar-refractivity contribution >= 4 is 70.0 Å². The normalized spacial score (nSPS) is 21.3. The second kappa shape index (κ2) is 18.9. The molecule has 2 unspecified atom stereocenters. The van der Waals surface area contributed by atoms with Gasteiger partial charge in [0, 0.05) is 26.0 Å². The lowest BCUT2D eigenvalue weighted by atomic mass is 9.78. The summed E-state index contributed by atoms with van der Waals surface area (Å²) in [5.41, 5.74) is -0.188. The fourth-order valence-electron chi connectivity index (χ4n) is 9.30. The van der Waals surface area contributed by atoms with E-state index in [1.807, 2.05) is 41.3 Å². The van der Waals surface area contributed by atoms with Gasteiger partial charge in [-0.1, -0.05) is 47.8 Å². The highest BCUT2D eigenvalue weighted by Crippen LogP contribution is 2.51. The van der Waals surface area contributed by atoms with Crippen LogP contribution in [-0.4, -0.2) is 104 Å². The number of para-hydroxylation sites is 2. The molecule has 5 saturated heterocycles. The van der Waals surface area contributed by atoms with E-state index in [1.165, 1.54) is 35.7 Å². The SMILES string of the molecule is FC(F)(F)c1ccc2c(c1)N(CC1CO1)c1ccccc1S2.O=C1CC2(CCNCC2)C(=O)N1.O=C1NC2(CCNCC2)C(=O)N1CC(O)CN1c2ccccc2Sc2ccc(C(F)(F)F)cc21. The van der Waals surface area contributed by atoms with E-state index in [1.54, 1.807) is 23.1 Å². The Balaban J connectivity index is 0.000000144. The number of amides is 5. The largest absolute Gasteiger partial charge is 0.416 e. The lowest BCUT2D eigenvalue weighted by Gasteiger charge is -2.35. The number of nitrogens with one attached hydrogen (secondary N) is 4. The molecular formula is C47H47F6N7O6S2. The van der Waals surface area contributed by atoms with Gasteiger partial charge >= 0.3 is 18.4 Å². The minimum Gasteiger partial charge on any atom is -0.389 e. The van der Waals surface area contributed by atoms with E-state index >= 15 is 0 Å². The number of rotatable bonds is 6. The molecule has 4 aromatic rings. The molecular weight excluding hydrogens is 937 g/mol. The van der Waals surface area contributed by atoms with Gasteiger partial charge in [0.1, 0.15) is 5.54 Å². The summed E-state index contributed by atoms with van der Waals surface area (Å²) in [6.45, 7) is 3.80. The van der Waals surface area contributed by atoms with Gasteiger partial charge < -0.3 is 35.6 Å². The van der Waals surface area contributed by atoms with Gasteiger partial charge in [-0.3, -0.25) is 24.6 Å². The molecule has 2 spiro atoms. The maximum atomic E-state index is 13.4. The molecule has 7 aliphatic rings. The summed E-state index contributed by atoms with van der Waals surface area (Å²) in [5, 5.41) is 22.4. The second-order valence-corrected chi connectivity index (χ2v) is 19.8. The number of halogens is 6. The van der Waals surface area contributed by atoms with E-state index < -0.39 is 41.2 Å². The molecule has 2 atom stereocenters. The minimum absolute atomic E-state index is 0.0611. The topological polar surface area (TPSA) is 159 Å². The lowest BCUT2D eigenvalue weighted by molar-refractivity contribution is -0.138. The number of epoxide rings is 1. The molecule has 5 N–H and O–H groups in total. The van der Waals surface area contributed by atoms with Gasteiger partial charge in [0.05, 0.1) is 77.7 Å². The fourth-order valence-corrected chi connectivity index (χ4v) is 11.4. The van der Waals surface area contributed by atoms with Crippen molar-refractivity contribution in [3.63, 3.8) is 0 Å². The average Bonchev–Trinajstić information content (AvgIpc) is 4.06. The third kappa shape index (κ3) is 9.91. The van der Waals surface area contributed by atoms with E-state index in [4.69, 9.17) is 4.74 Å². The number of urea groups is 1. The lowest BCUT2D eigenvalue weighted by Crippen LogP contribution is -2.54. The Hall–Kier alpha value is -5.32. The molecule has 0 aliphatic carbocycles. The van der Waals surface area contributed by atoms with Crippen molar-refractivity contribution in [3.05, 3.63) is 96.1 Å². The highest BCUT2D eigenvalue weighted by molar-refractivity contribution is 8.00. The number of aliphatic hydroxyl groups excluding tert-OH is 1. The van der Waals surface area contributed by atoms with Crippen LogP contribution < -0.4 is 31.1 Å². The molecule has 21 heteroatoms. The molecule has 13 nitrogen and oxygen atoms in total. The highest BCUT2D eigenvalue weighted by atomic mass is 32.2. The number of benzene rings is 4. The molecule has 0 bridgehead atoms. The first kappa shape index (κ1) is 47.7. The molecule has 0 aromatic heterocycles. The average molecular weight is 984 g/mol. The Morgan fingerprint density at radius 1 is 0.662 bits per heavy atom. The van der Waals surface area contributed by atoms with Crippen LogP contribution in [0, 0.1) is 5.41 Å². The Kier molecular flexibility index (Phi) is 13.3. The van der Waals surface area contributed by atoms with Crippen LogP contribution in [0.4, 0.5) is 53.9 Å². The van der Waals surface area contributed by atoms with E-state index in [2.05, 4.69) is 21.3 Å². The van der Waals surface area contributed by atoms with Crippen molar-refractivity contribution < 1.29 is 55.4 Å². The van der Waals surface area contributed by atoms with E-state index in [0.717, 1.165) is 69.4 Å². The number of β-amino-alcohol motifs (C(OH)–C–C–N with tert-alkyl or cyclic N) is 1. The van der Waals surface area contributed by atoms with Crippen LogP contribution in [0.25, 0.3) is 0 Å². The Morgan fingerprint density at radius 3 is 1.66 bits per heavy atom. The first-order valence-corrected chi connectivity index (χ1v) is 23.8. The van der Waals surface area contributed by atoms with Gasteiger partial charge in [-0.25, -0.2) is 4.79 Å². The third-order valence-electron chi connectivity index (χ3n) is 13.0. The van der Waals surface area contributed by atoms with Crippen molar-refractivity contribution in [2.24, 2.45) is 5.41 Å². The number of hydrogen-bond donors (Lipinski definition) is 5. The summed E-state index contributed by atoms with van der Waals surface area (Å²) in [7, 11) is 0. The van der Waals surface area contributed by atoms with Crippen LogP contribution in [0.2, 0.25) is 0 Å². The first-order chi connectivity index (χ1) is 32.4. The summed E-state index contributed by atoms with van der Waals surface area (Å²) in [5.74, 6) is -0.539. The molecule has 11 rings (SSSR count). The number of fused-ring (bicyclic) bond motifs is 4. The van der Waals surface area contributed by atoms with Gasteiger partial charge in [-0.15, -0.1) is 0 Å². The zero-order valence-corrected chi connectivity index (χ0v) is 38.0. The molecule has 360 valence electrons. The molecule has 7 aliphatic heterocycles. The van der Waals surface area contributed by atoms with Gasteiger partial charge in [0.15, 0.2) is 0 Å². The van der Waals surface area contributed by atoms with Crippen LogP contribution in [0.15, 0.2) is 105 Å². The standard InChI is InChI=1S/C23H23F3N4O3S.C16H12F3NOS.C8H12N2O2/c24-23(25,26)14-5-6-19-17(11-14)29(16-3-1-2-4-18(16)34-19)12-15(31)13-30-20(32)22(28-21(30)33)7-9-27-10-8-22;17-16(18,19)10-5-6-15-13(7-10)20(8-11-9-21-11)12-3-1-2-4-14(12)22-15;11-6-5-8(7(12)10-6)1-3-9-4-2-8/h1-6,11,15,27,31H,7-10,12-13H2,(H,28,33);1-7,11H,8-9H2;9H,1-5H2,(H,10,11,12). The highest BCUT2D eigenvalue weighted by Gasteiger charge is 2.52. The second-order valence-electron chi connectivity index (χ2n) is 17.6. The predicted molar refractivity (Wildman–Crippen MR) is 241 cm³/mol. The van der Waals surface area contributed by atoms with Crippen molar-refractivity contribution in [3.8, 4) is 0 Å². The molecule has 4 aromatic carbocycles. The van der Waals surface area contributed by atoms with Crippen LogP contribution in [-0.2, 0) is 31.5 Å². The van der Waals surface area contributed by atoms with E-state index in [9.17, 15) is 50.6 Å².